The van der Waals surface area contributed by atoms with Crippen molar-refractivity contribution in [3.63, 3.8) is 0 Å². The molecule has 0 heterocycles. The molecule has 3 nitrogen and oxygen atoms in total. The molecule has 1 rings (SSSR count). The molecule has 0 bridgehead atoms. The van der Waals surface area contributed by atoms with E-state index in [4.69, 9.17) is 9.84 Å². The minimum Gasteiger partial charge on any atom is -0.496 e. The van der Waals surface area contributed by atoms with E-state index in [1.54, 1.807) is 7.11 Å². The fourth-order valence-corrected chi connectivity index (χ4v) is 2.48. The Morgan fingerprint density at radius 2 is 2.11 bits per heavy atom. The summed E-state index contributed by atoms with van der Waals surface area (Å²) in [6, 6.07) is 6.03. The predicted molar refractivity (Wildman–Crippen MR) is 82.5 cm³/mol. The fraction of sp³-hybridized carbons (Fsp3) is 0.600. The third-order valence-electron chi connectivity index (χ3n) is 3.17. The highest BCUT2D eigenvalue weighted by molar-refractivity contribution is 9.10. The normalized spacial score (nSPS) is 11.6. The third-order valence-corrected chi connectivity index (χ3v) is 3.67. The van der Waals surface area contributed by atoms with Crippen LogP contribution in [0.5, 0.6) is 5.75 Å². The van der Waals surface area contributed by atoms with Gasteiger partial charge in [-0.2, -0.15) is 0 Å². The van der Waals surface area contributed by atoms with E-state index in [0.717, 1.165) is 41.7 Å². The second-order valence-electron chi connectivity index (χ2n) is 5.55. The molecule has 0 atom stereocenters. The van der Waals surface area contributed by atoms with Crippen LogP contribution in [0.25, 0.3) is 0 Å². The molecule has 19 heavy (non-hydrogen) atoms. The number of benzene rings is 1. The van der Waals surface area contributed by atoms with Crippen LogP contribution in [-0.4, -0.2) is 25.4 Å². The molecule has 0 aliphatic carbocycles. The van der Waals surface area contributed by atoms with Gasteiger partial charge in [0.15, 0.2) is 0 Å². The van der Waals surface area contributed by atoms with Crippen LogP contribution in [0.2, 0.25) is 0 Å². The van der Waals surface area contributed by atoms with Crippen LogP contribution in [0.15, 0.2) is 22.7 Å². The number of nitrogens with one attached hydrogen (secondary N) is 1. The van der Waals surface area contributed by atoms with Gasteiger partial charge in [0.25, 0.3) is 0 Å². The van der Waals surface area contributed by atoms with Crippen molar-refractivity contribution < 1.29 is 9.84 Å². The summed E-state index contributed by atoms with van der Waals surface area (Å²) in [7, 11) is 1.69. The molecule has 0 radical (unpaired) electrons. The van der Waals surface area contributed by atoms with E-state index in [0.29, 0.717) is 0 Å². The van der Waals surface area contributed by atoms with Crippen LogP contribution >= 0.6 is 15.9 Å². The van der Waals surface area contributed by atoms with Gasteiger partial charge >= 0.3 is 0 Å². The maximum absolute atomic E-state index is 8.89. The Morgan fingerprint density at radius 1 is 1.37 bits per heavy atom. The standard InChI is InChI=1S/C15H24BrNO2/c1-15(2,7-4-8-18)11-17-10-12-9-13(16)5-6-14(12)19-3/h5-6,9,17-18H,4,7-8,10-11H2,1-3H3. The largest absolute Gasteiger partial charge is 0.496 e. The van der Waals surface area contributed by atoms with Crippen LogP contribution in [0.1, 0.15) is 32.3 Å². The maximum Gasteiger partial charge on any atom is 0.123 e. The van der Waals surface area contributed by atoms with Crippen LogP contribution in [0.3, 0.4) is 0 Å². The van der Waals surface area contributed by atoms with Crippen LogP contribution in [-0.2, 0) is 6.54 Å². The van der Waals surface area contributed by atoms with Gasteiger partial charge in [0.1, 0.15) is 5.75 Å². The Morgan fingerprint density at radius 3 is 2.74 bits per heavy atom. The van der Waals surface area contributed by atoms with Crippen LogP contribution < -0.4 is 10.1 Å². The summed E-state index contributed by atoms with van der Waals surface area (Å²) in [4.78, 5) is 0. The first-order valence-corrected chi connectivity index (χ1v) is 7.42. The molecular formula is C15H24BrNO2. The fourth-order valence-electron chi connectivity index (χ4n) is 2.07. The smallest absolute Gasteiger partial charge is 0.123 e. The highest BCUT2D eigenvalue weighted by atomic mass is 79.9. The summed E-state index contributed by atoms with van der Waals surface area (Å²) >= 11 is 3.48. The van der Waals surface area contributed by atoms with E-state index in [1.165, 1.54) is 0 Å². The Kier molecular flexibility index (Phi) is 6.83. The maximum atomic E-state index is 8.89. The lowest BCUT2D eigenvalue weighted by atomic mass is 9.88. The predicted octanol–water partition coefficient (Wildman–Crippen LogP) is 3.35. The molecule has 0 amide bonds. The molecule has 1 aromatic rings. The molecule has 0 spiro atoms. The summed E-state index contributed by atoms with van der Waals surface area (Å²) in [5.74, 6) is 0.906. The topological polar surface area (TPSA) is 41.5 Å². The van der Waals surface area contributed by atoms with Crippen molar-refractivity contribution in [2.24, 2.45) is 5.41 Å². The number of ether oxygens (including phenoxy) is 1. The lowest BCUT2D eigenvalue weighted by Gasteiger charge is -2.25. The summed E-state index contributed by atoms with van der Waals surface area (Å²) in [6.07, 6.45) is 1.88. The third kappa shape index (κ3) is 5.93. The molecule has 1 aromatic carbocycles. The second-order valence-corrected chi connectivity index (χ2v) is 6.47. The van der Waals surface area contributed by atoms with Gasteiger partial charge in [0, 0.05) is 29.7 Å². The number of hydrogen-bond donors (Lipinski definition) is 2. The second kappa shape index (κ2) is 7.88. The zero-order valence-electron chi connectivity index (χ0n) is 12.0. The number of hydrogen-bond acceptors (Lipinski definition) is 3. The monoisotopic (exact) mass is 329 g/mol. The van der Waals surface area contributed by atoms with E-state index in [-0.39, 0.29) is 12.0 Å². The molecule has 0 aromatic heterocycles. The minimum absolute atomic E-state index is 0.196. The number of aliphatic hydroxyl groups excluding tert-OH is 1. The zero-order chi connectivity index (χ0) is 14.3. The number of methoxy groups -OCH3 is 1. The number of aliphatic hydroxyl groups is 1. The van der Waals surface area contributed by atoms with E-state index >= 15 is 0 Å². The first-order chi connectivity index (χ1) is 8.98. The van der Waals surface area contributed by atoms with E-state index in [9.17, 15) is 0 Å². The quantitative estimate of drug-likeness (QED) is 0.768. The molecule has 2 N–H and O–H groups in total. The summed E-state index contributed by atoms with van der Waals surface area (Å²) in [6.45, 7) is 6.40. The van der Waals surface area contributed by atoms with Crippen LogP contribution in [0.4, 0.5) is 0 Å². The molecule has 4 heteroatoms. The molecule has 0 saturated heterocycles. The first kappa shape index (κ1) is 16.5. The average molecular weight is 330 g/mol. The summed E-state index contributed by atoms with van der Waals surface area (Å²) < 4.78 is 6.41. The van der Waals surface area contributed by atoms with Crippen molar-refractivity contribution in [3.8, 4) is 5.75 Å². The van der Waals surface area contributed by atoms with Gasteiger partial charge in [-0.05, 0) is 36.5 Å². The molecular weight excluding hydrogens is 306 g/mol. The molecule has 0 aliphatic heterocycles. The van der Waals surface area contributed by atoms with Gasteiger partial charge in [0.05, 0.1) is 7.11 Å². The van der Waals surface area contributed by atoms with Crippen molar-refractivity contribution in [3.05, 3.63) is 28.2 Å². The summed E-state index contributed by atoms with van der Waals surface area (Å²) in [5, 5.41) is 12.4. The SMILES string of the molecule is COc1ccc(Br)cc1CNCC(C)(C)CCCO. The van der Waals surface area contributed by atoms with Crippen molar-refractivity contribution in [2.45, 2.75) is 33.2 Å². The zero-order valence-corrected chi connectivity index (χ0v) is 13.6. The van der Waals surface area contributed by atoms with Gasteiger partial charge in [0.2, 0.25) is 0 Å². The Hall–Kier alpha value is -0.580. The minimum atomic E-state index is 0.196. The molecule has 0 saturated carbocycles. The first-order valence-electron chi connectivity index (χ1n) is 6.62. The van der Waals surface area contributed by atoms with Crippen molar-refractivity contribution in [1.82, 2.24) is 5.32 Å². The van der Waals surface area contributed by atoms with E-state index < -0.39 is 0 Å². The molecule has 0 unspecified atom stereocenters. The van der Waals surface area contributed by atoms with Crippen molar-refractivity contribution in [1.29, 1.82) is 0 Å². The van der Waals surface area contributed by atoms with Gasteiger partial charge in [-0.3, -0.25) is 0 Å². The Labute approximate surface area is 124 Å². The van der Waals surface area contributed by atoms with Gasteiger partial charge in [-0.1, -0.05) is 29.8 Å². The number of halogens is 1. The highest BCUT2D eigenvalue weighted by Gasteiger charge is 2.16. The number of rotatable bonds is 8. The van der Waals surface area contributed by atoms with Crippen LogP contribution in [0, 0.1) is 5.41 Å². The molecule has 0 fully saturated rings. The summed E-state index contributed by atoms with van der Waals surface area (Å²) in [5.41, 5.74) is 1.34. The van der Waals surface area contributed by atoms with Crippen molar-refractivity contribution in [2.75, 3.05) is 20.3 Å². The lowest BCUT2D eigenvalue weighted by molar-refractivity contribution is 0.236. The van der Waals surface area contributed by atoms with Crippen molar-refractivity contribution >= 4 is 15.9 Å². The van der Waals surface area contributed by atoms with Gasteiger partial charge in [-0.15, -0.1) is 0 Å². The van der Waals surface area contributed by atoms with E-state index in [2.05, 4.69) is 41.2 Å². The Balaban J connectivity index is 2.50. The van der Waals surface area contributed by atoms with Gasteiger partial charge in [-0.25, -0.2) is 0 Å². The lowest BCUT2D eigenvalue weighted by Crippen LogP contribution is -2.29. The van der Waals surface area contributed by atoms with Gasteiger partial charge < -0.3 is 15.2 Å². The molecule has 0 aliphatic rings. The Bertz CT molecular complexity index is 394. The average Bonchev–Trinajstić information content (AvgIpc) is 2.36. The highest BCUT2D eigenvalue weighted by Crippen LogP contribution is 2.24. The molecule has 108 valence electrons. The van der Waals surface area contributed by atoms with E-state index in [1.807, 2.05) is 12.1 Å².